The van der Waals surface area contributed by atoms with E-state index in [-0.39, 0.29) is 17.9 Å². The standard InChI is InChI=1S/C8H10N2O4/c1-2-14-8(13)4-3-5(11)10-7(12)6(4)9/h3H,2,9H2,1H3,(H2,10,11,12). The highest BCUT2D eigenvalue weighted by atomic mass is 16.5. The minimum Gasteiger partial charge on any atom is -0.493 e. The average Bonchev–Trinajstić information content (AvgIpc) is 2.11. The zero-order valence-electron chi connectivity index (χ0n) is 7.53. The summed E-state index contributed by atoms with van der Waals surface area (Å²) in [7, 11) is 0. The van der Waals surface area contributed by atoms with E-state index in [0.717, 1.165) is 6.07 Å². The van der Waals surface area contributed by atoms with Crippen molar-refractivity contribution in [2.45, 2.75) is 6.92 Å². The molecule has 4 N–H and O–H groups in total. The summed E-state index contributed by atoms with van der Waals surface area (Å²) in [6, 6.07) is 0.979. The molecule has 6 nitrogen and oxygen atoms in total. The Morgan fingerprint density at radius 3 is 2.93 bits per heavy atom. The third-order valence-electron chi connectivity index (χ3n) is 1.56. The number of carbonyl (C=O) groups excluding carboxylic acids is 1. The van der Waals surface area contributed by atoms with Crippen molar-refractivity contribution < 1.29 is 14.6 Å². The molecule has 1 aromatic rings. The van der Waals surface area contributed by atoms with E-state index in [1.54, 1.807) is 6.92 Å². The number of H-pyrrole nitrogens is 1. The van der Waals surface area contributed by atoms with Crippen LogP contribution in [-0.2, 0) is 4.74 Å². The summed E-state index contributed by atoms with van der Waals surface area (Å²) in [4.78, 5) is 24.1. The molecule has 14 heavy (non-hydrogen) atoms. The van der Waals surface area contributed by atoms with Gasteiger partial charge in [0.25, 0.3) is 5.56 Å². The maximum absolute atomic E-state index is 11.2. The van der Waals surface area contributed by atoms with E-state index in [0.29, 0.717) is 0 Å². The molecule has 1 aromatic heterocycles. The molecule has 76 valence electrons. The van der Waals surface area contributed by atoms with Crippen LogP contribution in [0, 0.1) is 0 Å². The fraction of sp³-hybridized carbons (Fsp3) is 0.250. The molecule has 0 unspecified atom stereocenters. The van der Waals surface area contributed by atoms with Crippen LogP contribution in [0.3, 0.4) is 0 Å². The van der Waals surface area contributed by atoms with Gasteiger partial charge in [-0.1, -0.05) is 0 Å². The van der Waals surface area contributed by atoms with E-state index >= 15 is 0 Å². The Kier molecular flexibility index (Phi) is 2.76. The van der Waals surface area contributed by atoms with Crippen LogP contribution >= 0.6 is 0 Å². The first-order valence-electron chi connectivity index (χ1n) is 3.95. The Balaban J connectivity index is 3.20. The maximum Gasteiger partial charge on any atom is 0.340 e. The van der Waals surface area contributed by atoms with Crippen molar-refractivity contribution in [1.82, 2.24) is 4.98 Å². The highest BCUT2D eigenvalue weighted by molar-refractivity contribution is 5.95. The van der Waals surface area contributed by atoms with Gasteiger partial charge in [-0.05, 0) is 6.92 Å². The number of esters is 1. The lowest BCUT2D eigenvalue weighted by molar-refractivity contribution is 0.0527. The maximum atomic E-state index is 11.2. The summed E-state index contributed by atoms with van der Waals surface area (Å²) in [6.45, 7) is 1.80. The number of pyridine rings is 1. The van der Waals surface area contributed by atoms with Crippen molar-refractivity contribution in [3.63, 3.8) is 0 Å². The zero-order valence-corrected chi connectivity index (χ0v) is 7.53. The minimum absolute atomic E-state index is 0.131. The van der Waals surface area contributed by atoms with Gasteiger partial charge in [-0.25, -0.2) is 4.79 Å². The quantitative estimate of drug-likeness (QED) is 0.572. The molecule has 0 aliphatic rings. The van der Waals surface area contributed by atoms with Crippen LogP contribution in [0.4, 0.5) is 5.69 Å². The van der Waals surface area contributed by atoms with Crippen molar-refractivity contribution in [1.29, 1.82) is 0 Å². The third-order valence-corrected chi connectivity index (χ3v) is 1.56. The van der Waals surface area contributed by atoms with Crippen molar-refractivity contribution in [3.05, 3.63) is 22.0 Å². The normalized spacial score (nSPS) is 9.79. The van der Waals surface area contributed by atoms with E-state index in [2.05, 4.69) is 4.74 Å². The molecule has 6 heteroatoms. The lowest BCUT2D eigenvalue weighted by Crippen LogP contribution is -2.14. The molecular weight excluding hydrogens is 188 g/mol. The van der Waals surface area contributed by atoms with Gasteiger partial charge in [0.15, 0.2) is 0 Å². The second-order valence-corrected chi connectivity index (χ2v) is 2.53. The van der Waals surface area contributed by atoms with E-state index in [1.165, 1.54) is 0 Å². The van der Waals surface area contributed by atoms with Gasteiger partial charge in [-0.2, -0.15) is 0 Å². The first-order chi connectivity index (χ1) is 6.56. The lowest BCUT2D eigenvalue weighted by atomic mass is 10.2. The van der Waals surface area contributed by atoms with Crippen LogP contribution in [0.1, 0.15) is 17.3 Å². The third kappa shape index (κ3) is 1.85. The number of rotatable bonds is 2. The number of aromatic amines is 1. The van der Waals surface area contributed by atoms with E-state index in [9.17, 15) is 9.59 Å². The number of carbonyl (C=O) groups is 1. The molecule has 0 atom stereocenters. The molecule has 0 spiro atoms. The predicted octanol–water partition coefficient (Wildman–Crippen LogP) is -0.161. The van der Waals surface area contributed by atoms with Gasteiger partial charge in [0.2, 0.25) is 5.88 Å². The number of nitrogen functional groups attached to an aromatic ring is 1. The number of aromatic nitrogens is 1. The van der Waals surface area contributed by atoms with Gasteiger partial charge in [0.05, 0.1) is 12.2 Å². The van der Waals surface area contributed by atoms with Crippen LogP contribution in [-0.4, -0.2) is 22.7 Å². The van der Waals surface area contributed by atoms with Gasteiger partial charge in [0.1, 0.15) is 5.69 Å². The molecule has 0 saturated heterocycles. The summed E-state index contributed by atoms with van der Waals surface area (Å²) < 4.78 is 4.64. The highest BCUT2D eigenvalue weighted by Gasteiger charge is 2.14. The lowest BCUT2D eigenvalue weighted by Gasteiger charge is -2.05. The van der Waals surface area contributed by atoms with Crippen molar-refractivity contribution in [3.8, 4) is 5.88 Å². The monoisotopic (exact) mass is 198 g/mol. The number of nitrogens with one attached hydrogen (secondary N) is 1. The van der Waals surface area contributed by atoms with Crippen molar-refractivity contribution in [2.75, 3.05) is 12.3 Å². The Hall–Kier alpha value is -1.98. The first-order valence-corrected chi connectivity index (χ1v) is 3.95. The number of ether oxygens (including phenoxy) is 1. The van der Waals surface area contributed by atoms with Gasteiger partial charge < -0.3 is 15.6 Å². The summed E-state index contributed by atoms with van der Waals surface area (Å²) in [5.74, 6) is -1.26. The van der Waals surface area contributed by atoms with E-state index in [1.807, 2.05) is 4.98 Å². The van der Waals surface area contributed by atoms with E-state index < -0.39 is 17.4 Å². The Morgan fingerprint density at radius 1 is 1.71 bits per heavy atom. The van der Waals surface area contributed by atoms with Crippen LogP contribution in [0.2, 0.25) is 0 Å². The summed E-state index contributed by atoms with van der Waals surface area (Å²) >= 11 is 0. The average molecular weight is 198 g/mol. The van der Waals surface area contributed by atoms with Crippen LogP contribution < -0.4 is 11.3 Å². The molecular formula is C8H10N2O4. The second-order valence-electron chi connectivity index (χ2n) is 2.53. The zero-order chi connectivity index (χ0) is 10.7. The smallest absolute Gasteiger partial charge is 0.340 e. The molecule has 0 aliphatic carbocycles. The topological polar surface area (TPSA) is 105 Å². The van der Waals surface area contributed by atoms with Gasteiger partial charge in [-0.15, -0.1) is 0 Å². The minimum atomic E-state index is -0.730. The molecule has 0 bridgehead atoms. The summed E-state index contributed by atoms with van der Waals surface area (Å²) in [5, 5.41) is 9.11. The van der Waals surface area contributed by atoms with Gasteiger partial charge in [-0.3, -0.25) is 9.78 Å². The molecule has 0 radical (unpaired) electrons. The number of hydrogen-bond acceptors (Lipinski definition) is 5. The largest absolute Gasteiger partial charge is 0.493 e. The van der Waals surface area contributed by atoms with Crippen LogP contribution in [0.15, 0.2) is 10.9 Å². The van der Waals surface area contributed by atoms with Crippen molar-refractivity contribution in [2.24, 2.45) is 0 Å². The number of aromatic hydroxyl groups is 1. The van der Waals surface area contributed by atoms with Gasteiger partial charge >= 0.3 is 5.97 Å². The fourth-order valence-electron chi connectivity index (χ4n) is 0.934. The number of anilines is 1. The summed E-state index contributed by atoms with van der Waals surface area (Å²) in [6.07, 6.45) is 0. The molecule has 0 amide bonds. The van der Waals surface area contributed by atoms with E-state index in [4.69, 9.17) is 10.8 Å². The highest BCUT2D eigenvalue weighted by Crippen LogP contribution is 2.19. The SMILES string of the molecule is CCOC(=O)c1cc(=O)[nH]c(O)c1N. The Labute approximate surface area is 79.3 Å². The molecule has 0 saturated carbocycles. The second kappa shape index (κ2) is 3.82. The fourth-order valence-corrected chi connectivity index (χ4v) is 0.934. The van der Waals surface area contributed by atoms with Crippen LogP contribution in [0.25, 0.3) is 0 Å². The van der Waals surface area contributed by atoms with Gasteiger partial charge in [0, 0.05) is 6.07 Å². The number of nitrogens with two attached hydrogens (primary N) is 1. The molecule has 0 aromatic carbocycles. The molecule has 0 fully saturated rings. The Bertz CT molecular complexity index is 410. The van der Waals surface area contributed by atoms with Crippen LogP contribution in [0.5, 0.6) is 5.88 Å². The number of hydrogen-bond donors (Lipinski definition) is 3. The molecule has 0 aliphatic heterocycles. The molecule has 1 heterocycles. The molecule has 1 rings (SSSR count). The van der Waals surface area contributed by atoms with Crippen molar-refractivity contribution >= 4 is 11.7 Å². The Morgan fingerprint density at radius 2 is 2.36 bits per heavy atom. The predicted molar refractivity (Wildman–Crippen MR) is 49.1 cm³/mol. The summed E-state index contributed by atoms with van der Waals surface area (Å²) in [5.41, 5.74) is 4.43. The first kappa shape index (κ1) is 10.1.